The van der Waals surface area contributed by atoms with Crippen molar-refractivity contribution in [3.05, 3.63) is 0 Å². The monoisotopic (exact) mass is 256 g/mol. The van der Waals surface area contributed by atoms with E-state index < -0.39 is 11.7 Å². The number of carbonyl (C=O) groups excluding carboxylic acids is 2. The number of amides is 1. The maximum absolute atomic E-state index is 11.3. The highest BCUT2D eigenvalue weighted by atomic mass is 16.6. The number of alkyl carbamates (subject to hydrolysis) is 1. The molecule has 1 unspecified atom stereocenters. The summed E-state index contributed by atoms with van der Waals surface area (Å²) < 4.78 is 10.3. The van der Waals surface area contributed by atoms with E-state index in [0.29, 0.717) is 25.5 Å². The van der Waals surface area contributed by atoms with E-state index in [1.807, 2.05) is 0 Å². The van der Waals surface area contributed by atoms with Crippen LogP contribution in [0.4, 0.5) is 4.79 Å². The minimum atomic E-state index is -0.509. The van der Waals surface area contributed by atoms with Gasteiger partial charge in [-0.05, 0) is 27.7 Å². The predicted octanol–water partition coefficient (Wildman–Crippen LogP) is 1.29. The summed E-state index contributed by atoms with van der Waals surface area (Å²) in [5.74, 6) is 0.497. The fourth-order valence-electron chi connectivity index (χ4n) is 1.35. The zero-order valence-electron chi connectivity index (χ0n) is 11.3. The van der Waals surface area contributed by atoms with Crippen molar-refractivity contribution in [1.29, 1.82) is 0 Å². The molecule has 0 radical (unpaired) electrons. The molecule has 0 aliphatic carbocycles. The zero-order valence-corrected chi connectivity index (χ0v) is 11.3. The van der Waals surface area contributed by atoms with Gasteiger partial charge >= 0.3 is 6.09 Å². The second-order valence-electron chi connectivity index (χ2n) is 5.14. The summed E-state index contributed by atoms with van der Waals surface area (Å²) in [6.07, 6.45) is -0.00699. The lowest BCUT2D eigenvalue weighted by Gasteiger charge is -2.19. The van der Waals surface area contributed by atoms with Crippen LogP contribution in [-0.2, 0) is 14.3 Å². The first-order valence-corrected chi connectivity index (χ1v) is 5.95. The van der Waals surface area contributed by atoms with Crippen molar-refractivity contribution in [2.75, 3.05) is 13.2 Å². The molecule has 0 saturated carbocycles. The molecular weight excluding hydrogens is 236 g/mol. The summed E-state index contributed by atoms with van der Waals surface area (Å²) in [6, 6.07) is -0.387. The van der Waals surface area contributed by atoms with Crippen LogP contribution in [0.1, 0.15) is 34.1 Å². The van der Waals surface area contributed by atoms with Crippen LogP contribution in [0.15, 0.2) is 4.99 Å². The van der Waals surface area contributed by atoms with Crippen LogP contribution in [-0.4, -0.2) is 42.6 Å². The topological polar surface area (TPSA) is 77.0 Å². The summed E-state index contributed by atoms with van der Waals surface area (Å²) in [4.78, 5) is 26.5. The standard InChI is InChI=1S/C12H20N2O4/c1-8(15)9-7-17-10(14-9)5-6-13-11(16)18-12(2,3)4/h9H,5-7H2,1-4H3,(H,13,16). The Labute approximate surface area is 107 Å². The van der Waals surface area contributed by atoms with Gasteiger partial charge in [0.25, 0.3) is 0 Å². The molecule has 1 aliphatic heterocycles. The third kappa shape index (κ3) is 5.16. The minimum absolute atomic E-state index is 0.00917. The van der Waals surface area contributed by atoms with Gasteiger partial charge in [-0.25, -0.2) is 9.79 Å². The molecule has 1 amide bonds. The lowest BCUT2D eigenvalue weighted by Crippen LogP contribution is -2.33. The molecule has 0 spiro atoms. The average molecular weight is 256 g/mol. The van der Waals surface area contributed by atoms with E-state index in [9.17, 15) is 9.59 Å². The molecule has 0 aromatic carbocycles. The lowest BCUT2D eigenvalue weighted by molar-refractivity contribution is -0.118. The van der Waals surface area contributed by atoms with Crippen molar-refractivity contribution in [3.8, 4) is 0 Å². The Morgan fingerprint density at radius 1 is 1.50 bits per heavy atom. The highest BCUT2D eigenvalue weighted by Gasteiger charge is 2.22. The van der Waals surface area contributed by atoms with Crippen molar-refractivity contribution < 1.29 is 19.1 Å². The van der Waals surface area contributed by atoms with Crippen LogP contribution in [0.5, 0.6) is 0 Å². The first-order valence-electron chi connectivity index (χ1n) is 5.95. The summed E-state index contributed by atoms with van der Waals surface area (Å²) in [5.41, 5.74) is -0.509. The Bertz CT molecular complexity index is 358. The van der Waals surface area contributed by atoms with Crippen molar-refractivity contribution in [1.82, 2.24) is 5.32 Å². The molecule has 0 bridgehead atoms. The number of hydrogen-bond donors (Lipinski definition) is 1. The van der Waals surface area contributed by atoms with Crippen LogP contribution >= 0.6 is 0 Å². The maximum atomic E-state index is 11.3. The van der Waals surface area contributed by atoms with Gasteiger partial charge in [-0.2, -0.15) is 0 Å². The number of rotatable bonds is 4. The van der Waals surface area contributed by atoms with E-state index in [2.05, 4.69) is 10.3 Å². The molecule has 0 saturated heterocycles. The Kier molecular flexibility index (Phi) is 4.69. The maximum Gasteiger partial charge on any atom is 0.407 e. The van der Waals surface area contributed by atoms with Gasteiger partial charge in [-0.3, -0.25) is 4.79 Å². The Morgan fingerprint density at radius 3 is 2.67 bits per heavy atom. The molecule has 1 atom stereocenters. The highest BCUT2D eigenvalue weighted by Crippen LogP contribution is 2.08. The number of ketones is 1. The Hall–Kier alpha value is -1.59. The van der Waals surface area contributed by atoms with Gasteiger partial charge in [0.1, 0.15) is 18.2 Å². The molecule has 1 N–H and O–H groups in total. The van der Waals surface area contributed by atoms with E-state index in [1.165, 1.54) is 6.92 Å². The first kappa shape index (κ1) is 14.5. The summed E-state index contributed by atoms with van der Waals surface area (Å²) >= 11 is 0. The third-order valence-electron chi connectivity index (χ3n) is 2.18. The van der Waals surface area contributed by atoms with E-state index in [1.54, 1.807) is 20.8 Å². The first-order chi connectivity index (χ1) is 8.28. The van der Waals surface area contributed by atoms with Crippen LogP contribution < -0.4 is 5.32 Å². The average Bonchev–Trinajstić information content (AvgIpc) is 2.63. The van der Waals surface area contributed by atoms with E-state index >= 15 is 0 Å². The van der Waals surface area contributed by atoms with E-state index in [0.717, 1.165) is 0 Å². The van der Waals surface area contributed by atoms with E-state index in [4.69, 9.17) is 9.47 Å². The van der Waals surface area contributed by atoms with Crippen molar-refractivity contribution >= 4 is 17.8 Å². The third-order valence-corrected chi connectivity index (χ3v) is 2.18. The molecule has 0 aromatic heterocycles. The zero-order chi connectivity index (χ0) is 13.8. The number of hydrogen-bond acceptors (Lipinski definition) is 5. The fraction of sp³-hybridized carbons (Fsp3) is 0.750. The van der Waals surface area contributed by atoms with Gasteiger partial charge in [0, 0.05) is 13.0 Å². The molecule has 18 heavy (non-hydrogen) atoms. The highest BCUT2D eigenvalue weighted by molar-refractivity contribution is 5.88. The molecule has 0 aromatic rings. The van der Waals surface area contributed by atoms with Crippen LogP contribution in [0.3, 0.4) is 0 Å². The van der Waals surface area contributed by atoms with Crippen LogP contribution in [0, 0.1) is 0 Å². The van der Waals surface area contributed by atoms with Gasteiger partial charge in [0.15, 0.2) is 11.7 Å². The fourth-order valence-corrected chi connectivity index (χ4v) is 1.35. The minimum Gasteiger partial charge on any atom is -0.478 e. The molecule has 6 heteroatoms. The van der Waals surface area contributed by atoms with Gasteiger partial charge in [0.2, 0.25) is 0 Å². The quantitative estimate of drug-likeness (QED) is 0.822. The number of carbonyl (C=O) groups is 2. The smallest absolute Gasteiger partial charge is 0.407 e. The normalized spacial score (nSPS) is 18.9. The Balaban J connectivity index is 2.25. The molecule has 1 heterocycles. The molecular formula is C12H20N2O4. The van der Waals surface area contributed by atoms with Crippen LogP contribution in [0.2, 0.25) is 0 Å². The number of nitrogens with zero attached hydrogens (tertiary/aromatic N) is 1. The summed E-state index contributed by atoms with van der Waals surface area (Å²) in [5, 5.41) is 2.60. The predicted molar refractivity (Wildman–Crippen MR) is 66.7 cm³/mol. The molecule has 6 nitrogen and oxygen atoms in total. The largest absolute Gasteiger partial charge is 0.478 e. The van der Waals surface area contributed by atoms with Crippen molar-refractivity contribution in [3.63, 3.8) is 0 Å². The Morgan fingerprint density at radius 2 is 2.17 bits per heavy atom. The number of Topliss-reactive ketones (excluding diaryl/α,β-unsaturated/α-hetero) is 1. The van der Waals surface area contributed by atoms with Crippen molar-refractivity contribution in [2.24, 2.45) is 4.99 Å². The van der Waals surface area contributed by atoms with Gasteiger partial charge in [0.05, 0.1) is 0 Å². The summed E-state index contributed by atoms with van der Waals surface area (Å²) in [7, 11) is 0. The van der Waals surface area contributed by atoms with Gasteiger partial charge in [-0.15, -0.1) is 0 Å². The number of aliphatic imine (C=N–C) groups is 1. The van der Waals surface area contributed by atoms with Gasteiger partial charge < -0.3 is 14.8 Å². The number of ether oxygens (including phenoxy) is 2. The number of nitrogens with one attached hydrogen (secondary N) is 1. The van der Waals surface area contributed by atoms with Gasteiger partial charge in [-0.1, -0.05) is 0 Å². The second-order valence-corrected chi connectivity index (χ2v) is 5.14. The lowest BCUT2D eigenvalue weighted by atomic mass is 10.2. The van der Waals surface area contributed by atoms with Crippen LogP contribution in [0.25, 0.3) is 0 Å². The second kappa shape index (κ2) is 5.84. The van der Waals surface area contributed by atoms with Crippen molar-refractivity contribution in [2.45, 2.75) is 45.8 Å². The summed E-state index contributed by atoms with van der Waals surface area (Å²) in [6.45, 7) is 7.56. The molecule has 1 aliphatic rings. The molecule has 1 rings (SSSR count). The molecule has 0 fully saturated rings. The SMILES string of the molecule is CC(=O)C1COC(CCNC(=O)OC(C)(C)C)=N1. The van der Waals surface area contributed by atoms with E-state index in [-0.39, 0.29) is 11.8 Å². The molecule has 102 valence electrons.